The first kappa shape index (κ1) is 14.5. The lowest BCUT2D eigenvalue weighted by molar-refractivity contribution is 0.582. The van der Waals surface area contributed by atoms with Crippen LogP contribution in [0.15, 0.2) is 30.3 Å². The predicted molar refractivity (Wildman–Crippen MR) is 72.5 cm³/mol. The van der Waals surface area contributed by atoms with Crippen LogP contribution in [-0.4, -0.2) is 32.5 Å². The summed E-state index contributed by atoms with van der Waals surface area (Å²) >= 11 is 0. The average molecular weight is 276 g/mol. The summed E-state index contributed by atoms with van der Waals surface area (Å²) in [6, 6.07) is 9.78. The van der Waals surface area contributed by atoms with E-state index in [2.05, 4.69) is 5.32 Å². The second kappa shape index (κ2) is 6.38. The normalized spacial score (nSPS) is 19.9. The molecule has 1 saturated heterocycles. The molecule has 1 N–H and O–H groups in total. The van der Waals surface area contributed by atoms with E-state index in [4.69, 9.17) is 0 Å². The molecule has 0 amide bonds. The first-order valence-electron chi connectivity index (χ1n) is 5.65. The topological polar surface area (TPSA) is 46.2 Å². The maximum atomic E-state index is 12.0. The number of aryl methyl sites for hydroxylation is 1. The Kier molecular flexibility index (Phi) is 5.43. The molecule has 0 saturated carbocycles. The van der Waals surface area contributed by atoms with Gasteiger partial charge in [0.25, 0.3) is 0 Å². The van der Waals surface area contributed by atoms with Crippen molar-refractivity contribution in [1.82, 2.24) is 5.32 Å². The molecule has 0 bridgehead atoms. The summed E-state index contributed by atoms with van der Waals surface area (Å²) in [4.78, 5) is 0. The van der Waals surface area contributed by atoms with Gasteiger partial charge in [0.1, 0.15) is 0 Å². The van der Waals surface area contributed by atoms with E-state index in [9.17, 15) is 8.42 Å². The van der Waals surface area contributed by atoms with E-state index in [1.165, 1.54) is 0 Å². The molecule has 1 aliphatic heterocycles. The molecular weight excluding hydrogens is 258 g/mol. The van der Waals surface area contributed by atoms with Crippen LogP contribution in [0.25, 0.3) is 0 Å². The molecule has 1 aromatic rings. The first-order chi connectivity index (χ1) is 7.68. The van der Waals surface area contributed by atoms with Crippen molar-refractivity contribution in [2.24, 2.45) is 0 Å². The lowest BCUT2D eigenvalue weighted by Crippen LogP contribution is -2.27. The third-order valence-electron chi connectivity index (χ3n) is 3.04. The smallest absolute Gasteiger partial charge is 0.154 e. The molecule has 17 heavy (non-hydrogen) atoms. The van der Waals surface area contributed by atoms with Crippen molar-refractivity contribution < 1.29 is 8.42 Å². The van der Waals surface area contributed by atoms with Gasteiger partial charge in [-0.25, -0.2) is 8.42 Å². The van der Waals surface area contributed by atoms with E-state index in [0.29, 0.717) is 13.0 Å². The van der Waals surface area contributed by atoms with Crippen molar-refractivity contribution in [3.63, 3.8) is 0 Å². The lowest BCUT2D eigenvalue weighted by atomic mass is 10.2. The fourth-order valence-corrected chi connectivity index (χ4v) is 3.71. The zero-order chi connectivity index (χ0) is 11.4. The quantitative estimate of drug-likeness (QED) is 0.904. The number of rotatable bonds is 4. The molecule has 3 nitrogen and oxygen atoms in total. The Hall–Kier alpha value is -0.580. The molecule has 0 aliphatic carbocycles. The Labute approximate surface area is 109 Å². The number of benzene rings is 1. The summed E-state index contributed by atoms with van der Waals surface area (Å²) in [6.07, 6.45) is 1.39. The SMILES string of the molecule is Cl.O=S(=O)(CCc1ccccc1)C1CCNC1. The van der Waals surface area contributed by atoms with E-state index >= 15 is 0 Å². The van der Waals surface area contributed by atoms with Crippen LogP contribution in [0.3, 0.4) is 0 Å². The molecule has 1 fully saturated rings. The van der Waals surface area contributed by atoms with Crippen molar-refractivity contribution in [2.45, 2.75) is 18.1 Å². The number of nitrogens with one attached hydrogen (secondary N) is 1. The van der Waals surface area contributed by atoms with Crippen LogP contribution in [0.4, 0.5) is 0 Å². The van der Waals surface area contributed by atoms with Gasteiger partial charge >= 0.3 is 0 Å². The van der Waals surface area contributed by atoms with Crippen molar-refractivity contribution in [2.75, 3.05) is 18.8 Å². The highest BCUT2D eigenvalue weighted by molar-refractivity contribution is 7.92. The van der Waals surface area contributed by atoms with Gasteiger partial charge in [-0.2, -0.15) is 0 Å². The van der Waals surface area contributed by atoms with Crippen molar-refractivity contribution in [3.05, 3.63) is 35.9 Å². The summed E-state index contributed by atoms with van der Waals surface area (Å²) < 4.78 is 23.9. The van der Waals surface area contributed by atoms with Crippen LogP contribution in [-0.2, 0) is 16.3 Å². The highest BCUT2D eigenvalue weighted by Crippen LogP contribution is 2.12. The predicted octanol–water partition coefficient (Wildman–Crippen LogP) is 1.43. The molecule has 1 heterocycles. The Morgan fingerprint density at radius 2 is 1.94 bits per heavy atom. The van der Waals surface area contributed by atoms with E-state index in [-0.39, 0.29) is 23.4 Å². The maximum Gasteiger partial charge on any atom is 0.154 e. The number of hydrogen-bond acceptors (Lipinski definition) is 3. The molecule has 0 radical (unpaired) electrons. The molecule has 1 atom stereocenters. The lowest BCUT2D eigenvalue weighted by Gasteiger charge is -2.10. The first-order valence-corrected chi connectivity index (χ1v) is 7.36. The maximum absolute atomic E-state index is 12.0. The molecule has 96 valence electrons. The Morgan fingerprint density at radius 3 is 2.53 bits per heavy atom. The second-order valence-electron chi connectivity index (χ2n) is 4.22. The van der Waals surface area contributed by atoms with Gasteiger partial charge in [-0.1, -0.05) is 30.3 Å². The fraction of sp³-hybridized carbons (Fsp3) is 0.500. The van der Waals surface area contributed by atoms with Crippen LogP contribution < -0.4 is 5.32 Å². The third-order valence-corrected chi connectivity index (χ3v) is 5.23. The summed E-state index contributed by atoms with van der Waals surface area (Å²) in [5.74, 6) is 0.267. The molecule has 1 aromatic carbocycles. The summed E-state index contributed by atoms with van der Waals surface area (Å²) in [5, 5.41) is 2.93. The van der Waals surface area contributed by atoms with Crippen LogP contribution in [0.2, 0.25) is 0 Å². The number of sulfone groups is 1. The number of halogens is 1. The zero-order valence-corrected chi connectivity index (χ0v) is 11.3. The van der Waals surface area contributed by atoms with Gasteiger partial charge in [-0.3, -0.25) is 0 Å². The molecule has 1 unspecified atom stereocenters. The zero-order valence-electron chi connectivity index (χ0n) is 9.63. The van der Waals surface area contributed by atoms with Crippen molar-refractivity contribution in [3.8, 4) is 0 Å². The second-order valence-corrected chi connectivity index (χ2v) is 6.62. The average Bonchev–Trinajstić information content (AvgIpc) is 2.82. The molecule has 2 rings (SSSR count). The summed E-state index contributed by atoms with van der Waals surface area (Å²) in [7, 11) is -2.92. The highest BCUT2D eigenvalue weighted by Gasteiger charge is 2.27. The molecule has 5 heteroatoms. The van der Waals surface area contributed by atoms with Crippen LogP contribution in [0.5, 0.6) is 0 Å². The monoisotopic (exact) mass is 275 g/mol. The summed E-state index contributed by atoms with van der Waals surface area (Å²) in [6.45, 7) is 1.45. The standard InChI is InChI=1S/C12H17NO2S.ClH/c14-16(15,12-6-8-13-10-12)9-7-11-4-2-1-3-5-11;/h1-5,12-13H,6-10H2;1H. The van der Waals surface area contributed by atoms with Gasteiger partial charge < -0.3 is 5.32 Å². The van der Waals surface area contributed by atoms with Gasteiger partial charge in [0.15, 0.2) is 9.84 Å². The van der Waals surface area contributed by atoms with Crippen LogP contribution >= 0.6 is 12.4 Å². The van der Waals surface area contributed by atoms with Gasteiger partial charge in [0.05, 0.1) is 11.0 Å². The highest BCUT2D eigenvalue weighted by atomic mass is 35.5. The molecule has 0 aromatic heterocycles. The Morgan fingerprint density at radius 1 is 1.24 bits per heavy atom. The molecule has 0 spiro atoms. The van der Waals surface area contributed by atoms with Gasteiger partial charge in [-0.05, 0) is 24.9 Å². The van der Waals surface area contributed by atoms with E-state index in [1.54, 1.807) is 0 Å². The van der Waals surface area contributed by atoms with Crippen molar-refractivity contribution in [1.29, 1.82) is 0 Å². The Bertz CT molecular complexity index is 427. The number of hydrogen-bond donors (Lipinski definition) is 1. The van der Waals surface area contributed by atoms with Crippen LogP contribution in [0, 0.1) is 0 Å². The van der Waals surface area contributed by atoms with Crippen LogP contribution in [0.1, 0.15) is 12.0 Å². The van der Waals surface area contributed by atoms with Crippen molar-refractivity contribution >= 4 is 22.2 Å². The van der Waals surface area contributed by atoms with E-state index in [0.717, 1.165) is 18.5 Å². The van der Waals surface area contributed by atoms with E-state index in [1.807, 2.05) is 30.3 Å². The molecular formula is C12H18ClNO2S. The minimum absolute atomic E-state index is 0. The Balaban J connectivity index is 0.00000144. The summed E-state index contributed by atoms with van der Waals surface area (Å²) in [5.41, 5.74) is 1.09. The third kappa shape index (κ3) is 3.98. The van der Waals surface area contributed by atoms with Gasteiger partial charge in [0, 0.05) is 6.54 Å². The minimum atomic E-state index is -2.92. The van der Waals surface area contributed by atoms with E-state index < -0.39 is 9.84 Å². The van der Waals surface area contributed by atoms with Gasteiger partial charge in [-0.15, -0.1) is 12.4 Å². The fourth-order valence-electron chi connectivity index (χ4n) is 2.01. The van der Waals surface area contributed by atoms with Gasteiger partial charge in [0.2, 0.25) is 0 Å². The largest absolute Gasteiger partial charge is 0.315 e. The molecule has 1 aliphatic rings. The minimum Gasteiger partial charge on any atom is -0.315 e.